The summed E-state index contributed by atoms with van der Waals surface area (Å²) in [7, 11) is 0. The lowest BCUT2D eigenvalue weighted by molar-refractivity contribution is -0.271. The first-order chi connectivity index (χ1) is 13.0. The Morgan fingerprint density at radius 1 is 1.22 bits per heavy atom. The van der Waals surface area contributed by atoms with Crippen LogP contribution in [0.2, 0.25) is 0 Å². The Balaban J connectivity index is 1.67. The lowest BCUT2D eigenvalue weighted by Crippen LogP contribution is -2.47. The number of carbonyl (C=O) groups is 1. The van der Waals surface area contributed by atoms with Gasteiger partial charge in [-0.15, -0.1) is 0 Å². The summed E-state index contributed by atoms with van der Waals surface area (Å²) in [6, 6.07) is 10.2. The first-order valence-electron chi connectivity index (χ1n) is 9.80. The third-order valence-electron chi connectivity index (χ3n) is 4.72. The van der Waals surface area contributed by atoms with Gasteiger partial charge in [-0.3, -0.25) is 0 Å². The average Bonchev–Trinajstić information content (AvgIpc) is 2.69. The Morgan fingerprint density at radius 3 is 2.56 bits per heavy atom. The van der Waals surface area contributed by atoms with Gasteiger partial charge in [0.1, 0.15) is 6.61 Å². The monoisotopic (exact) mass is 377 g/mol. The zero-order valence-corrected chi connectivity index (χ0v) is 16.4. The third kappa shape index (κ3) is 6.96. The van der Waals surface area contributed by atoms with Crippen molar-refractivity contribution in [2.75, 3.05) is 19.8 Å². The predicted molar refractivity (Wildman–Crippen MR) is 104 cm³/mol. The van der Waals surface area contributed by atoms with E-state index in [0.29, 0.717) is 19.8 Å². The molecule has 0 aliphatic carbocycles. The van der Waals surface area contributed by atoms with Crippen LogP contribution < -0.4 is 0 Å². The molecule has 6 nitrogen and oxygen atoms in total. The van der Waals surface area contributed by atoms with E-state index >= 15 is 0 Å². The summed E-state index contributed by atoms with van der Waals surface area (Å²) in [5.41, 5.74) is 2.11. The van der Waals surface area contributed by atoms with Gasteiger partial charge in [0.15, 0.2) is 0 Å². The van der Waals surface area contributed by atoms with Gasteiger partial charge in [-0.2, -0.15) is 0 Å². The van der Waals surface area contributed by atoms with Gasteiger partial charge in [-0.1, -0.05) is 48.8 Å². The standard InChI is InChI=1S/C21H31NO5/c1-3-4-13-19(18-11-6-5-7-12-18)22-27-14-9-8-10-17-15-25-21(2,20(23)24)26-16-17/h5-7,11-12,17H,3-4,8-10,13-16H2,1-2H3,(H,23,24). The van der Waals surface area contributed by atoms with E-state index in [0.717, 1.165) is 49.8 Å². The number of aliphatic carboxylic acids is 1. The van der Waals surface area contributed by atoms with Crippen molar-refractivity contribution < 1.29 is 24.2 Å². The molecule has 2 rings (SSSR count). The molecule has 0 radical (unpaired) electrons. The molecule has 0 spiro atoms. The van der Waals surface area contributed by atoms with E-state index in [1.807, 2.05) is 18.2 Å². The number of nitrogens with zero attached hydrogens (tertiary/aromatic N) is 1. The molecule has 0 atom stereocenters. The highest BCUT2D eigenvalue weighted by molar-refractivity contribution is 6.00. The number of rotatable bonds is 11. The van der Waals surface area contributed by atoms with Crippen LogP contribution in [0.25, 0.3) is 0 Å². The van der Waals surface area contributed by atoms with Gasteiger partial charge in [0.05, 0.1) is 18.9 Å². The second-order valence-electron chi connectivity index (χ2n) is 7.08. The fourth-order valence-corrected chi connectivity index (χ4v) is 2.87. The highest BCUT2D eigenvalue weighted by Gasteiger charge is 2.40. The first kappa shape index (κ1) is 21.4. The summed E-state index contributed by atoms with van der Waals surface area (Å²) in [5, 5.41) is 13.4. The van der Waals surface area contributed by atoms with Gasteiger partial charge in [-0.05, 0) is 37.7 Å². The maximum absolute atomic E-state index is 11.1. The molecule has 1 aliphatic heterocycles. The lowest BCUT2D eigenvalue weighted by Gasteiger charge is -2.34. The van der Waals surface area contributed by atoms with Gasteiger partial charge >= 0.3 is 5.97 Å². The van der Waals surface area contributed by atoms with Gasteiger partial charge in [0, 0.05) is 12.8 Å². The highest BCUT2D eigenvalue weighted by atomic mass is 16.7. The molecule has 1 N–H and O–H groups in total. The van der Waals surface area contributed by atoms with Crippen LogP contribution in [0.1, 0.15) is 57.9 Å². The summed E-state index contributed by atoms with van der Waals surface area (Å²) in [5.74, 6) is -2.35. The minimum atomic E-state index is -1.50. The van der Waals surface area contributed by atoms with Gasteiger partial charge in [0.25, 0.3) is 5.79 Å². The summed E-state index contributed by atoms with van der Waals surface area (Å²) >= 11 is 0. The van der Waals surface area contributed by atoms with Crippen molar-refractivity contribution in [3.8, 4) is 0 Å². The quantitative estimate of drug-likeness (QED) is 0.355. The van der Waals surface area contributed by atoms with Crippen LogP contribution in [0, 0.1) is 5.92 Å². The van der Waals surface area contributed by atoms with Crippen LogP contribution in [0.3, 0.4) is 0 Å². The van der Waals surface area contributed by atoms with Crippen LogP contribution in [0.4, 0.5) is 0 Å². The Hall–Kier alpha value is -1.92. The van der Waals surface area contributed by atoms with Gasteiger partial charge in [0.2, 0.25) is 0 Å². The Labute approximate surface area is 161 Å². The molecule has 0 saturated carbocycles. The molecule has 0 amide bonds. The molecule has 150 valence electrons. The molecule has 1 fully saturated rings. The van der Waals surface area contributed by atoms with E-state index in [9.17, 15) is 4.79 Å². The number of hydrogen-bond donors (Lipinski definition) is 1. The fourth-order valence-electron chi connectivity index (χ4n) is 2.87. The van der Waals surface area contributed by atoms with Crippen LogP contribution >= 0.6 is 0 Å². The van der Waals surface area contributed by atoms with Crippen molar-refractivity contribution in [1.29, 1.82) is 0 Å². The largest absolute Gasteiger partial charge is 0.477 e. The Bertz CT molecular complexity index is 594. The topological polar surface area (TPSA) is 77.4 Å². The number of carboxylic acids is 1. The van der Waals surface area contributed by atoms with Crippen molar-refractivity contribution in [3.05, 3.63) is 35.9 Å². The van der Waals surface area contributed by atoms with Crippen LogP contribution in [-0.2, 0) is 19.1 Å². The second-order valence-corrected chi connectivity index (χ2v) is 7.08. The molecule has 0 aromatic heterocycles. The number of hydrogen-bond acceptors (Lipinski definition) is 5. The molecule has 27 heavy (non-hydrogen) atoms. The Morgan fingerprint density at radius 2 is 1.93 bits per heavy atom. The first-order valence-corrected chi connectivity index (χ1v) is 9.80. The summed E-state index contributed by atoms with van der Waals surface area (Å²) < 4.78 is 10.7. The van der Waals surface area contributed by atoms with Crippen molar-refractivity contribution >= 4 is 11.7 Å². The smallest absolute Gasteiger partial charge is 0.364 e. The predicted octanol–water partition coefficient (Wildman–Crippen LogP) is 4.23. The van der Waals surface area contributed by atoms with E-state index in [1.165, 1.54) is 6.92 Å². The van der Waals surface area contributed by atoms with E-state index in [-0.39, 0.29) is 5.92 Å². The number of ether oxygens (including phenoxy) is 2. The maximum atomic E-state index is 11.1. The zero-order chi connectivity index (χ0) is 19.5. The number of carboxylic acid groups (broad SMARTS) is 1. The maximum Gasteiger partial charge on any atom is 0.364 e. The van der Waals surface area contributed by atoms with Crippen LogP contribution in [-0.4, -0.2) is 42.4 Å². The minimum Gasteiger partial charge on any atom is -0.477 e. The molecule has 1 aromatic carbocycles. The fraction of sp³-hybridized carbons (Fsp3) is 0.619. The van der Waals surface area contributed by atoms with Gasteiger partial charge < -0.3 is 19.4 Å². The summed E-state index contributed by atoms with van der Waals surface area (Å²) in [6.07, 6.45) is 5.91. The zero-order valence-electron chi connectivity index (χ0n) is 16.4. The number of unbranched alkanes of at least 4 members (excludes halogenated alkanes) is 2. The molecule has 0 bridgehead atoms. The minimum absolute atomic E-state index is 0.227. The van der Waals surface area contributed by atoms with Crippen molar-refractivity contribution in [2.24, 2.45) is 11.1 Å². The normalized spacial score (nSPS) is 23.2. The average molecular weight is 377 g/mol. The molecule has 1 heterocycles. The van der Waals surface area contributed by atoms with Crippen LogP contribution in [0.15, 0.2) is 35.5 Å². The molecule has 1 aliphatic rings. The lowest BCUT2D eigenvalue weighted by atomic mass is 10.0. The number of benzene rings is 1. The van der Waals surface area contributed by atoms with Crippen molar-refractivity contribution in [1.82, 2.24) is 0 Å². The number of oxime groups is 1. The third-order valence-corrected chi connectivity index (χ3v) is 4.72. The van der Waals surface area contributed by atoms with E-state index < -0.39 is 11.8 Å². The van der Waals surface area contributed by atoms with E-state index in [2.05, 4.69) is 24.2 Å². The molecule has 0 unspecified atom stereocenters. The Kier molecular flexibility index (Phi) is 8.75. The van der Waals surface area contributed by atoms with Crippen molar-refractivity contribution in [2.45, 2.75) is 58.2 Å². The molecular weight excluding hydrogens is 346 g/mol. The van der Waals surface area contributed by atoms with Crippen molar-refractivity contribution in [3.63, 3.8) is 0 Å². The molecule has 1 aromatic rings. The summed E-state index contributed by atoms with van der Waals surface area (Å²) in [4.78, 5) is 16.6. The highest BCUT2D eigenvalue weighted by Crippen LogP contribution is 2.24. The second kappa shape index (κ2) is 11.0. The van der Waals surface area contributed by atoms with E-state index in [4.69, 9.17) is 19.4 Å². The molecule has 1 saturated heterocycles. The molecular formula is C21H31NO5. The van der Waals surface area contributed by atoms with Crippen LogP contribution in [0.5, 0.6) is 0 Å². The SMILES string of the molecule is CCCCC(=NOCCCCC1COC(C)(C(=O)O)OC1)c1ccccc1. The molecule has 6 heteroatoms. The van der Waals surface area contributed by atoms with Gasteiger partial charge in [-0.25, -0.2) is 4.79 Å². The summed E-state index contributed by atoms with van der Waals surface area (Å²) in [6.45, 7) is 5.01. The van der Waals surface area contributed by atoms with E-state index in [1.54, 1.807) is 0 Å².